The van der Waals surface area contributed by atoms with Crippen LogP contribution in [0.1, 0.15) is 12.5 Å². The number of ether oxygens (including phenoxy) is 1. The van der Waals surface area contributed by atoms with E-state index in [1.54, 1.807) is 23.0 Å². The van der Waals surface area contributed by atoms with E-state index >= 15 is 0 Å². The molecule has 0 aliphatic heterocycles. The molecule has 0 spiro atoms. The Labute approximate surface area is 115 Å². The number of carboxylic acid groups (broad SMARTS) is 1. The Hall–Kier alpha value is -2.77. The summed E-state index contributed by atoms with van der Waals surface area (Å²) >= 11 is 0. The van der Waals surface area contributed by atoms with Crippen LogP contribution in [0.25, 0.3) is 0 Å². The quantitative estimate of drug-likeness (QED) is 0.761. The third kappa shape index (κ3) is 3.37. The standard InChI is InChI=1S/C12H15N5O3/c1-2-17-4-3-10(16-17)20-11-8(6-15-12(18)19)5-9(13)7-14-11/h3-5,7,15H,2,6,13H2,1H3,(H,18,19). The van der Waals surface area contributed by atoms with E-state index in [-0.39, 0.29) is 12.4 Å². The van der Waals surface area contributed by atoms with Crippen molar-refractivity contribution < 1.29 is 14.6 Å². The number of hydrogen-bond acceptors (Lipinski definition) is 5. The van der Waals surface area contributed by atoms with Crippen LogP contribution in [0.3, 0.4) is 0 Å². The maximum Gasteiger partial charge on any atom is 0.404 e. The van der Waals surface area contributed by atoms with Crippen LogP contribution < -0.4 is 15.8 Å². The van der Waals surface area contributed by atoms with Gasteiger partial charge in [0.05, 0.1) is 18.4 Å². The van der Waals surface area contributed by atoms with E-state index in [1.165, 1.54) is 6.20 Å². The van der Waals surface area contributed by atoms with E-state index in [2.05, 4.69) is 15.4 Å². The number of pyridine rings is 1. The van der Waals surface area contributed by atoms with Gasteiger partial charge in [-0.1, -0.05) is 0 Å². The molecule has 0 saturated carbocycles. The zero-order valence-corrected chi connectivity index (χ0v) is 10.9. The summed E-state index contributed by atoms with van der Waals surface area (Å²) in [4.78, 5) is 14.6. The van der Waals surface area contributed by atoms with Gasteiger partial charge >= 0.3 is 6.09 Å². The highest BCUT2D eigenvalue weighted by molar-refractivity contribution is 5.64. The lowest BCUT2D eigenvalue weighted by Crippen LogP contribution is -2.20. The van der Waals surface area contributed by atoms with Crippen LogP contribution >= 0.6 is 0 Å². The van der Waals surface area contributed by atoms with Gasteiger partial charge < -0.3 is 20.9 Å². The summed E-state index contributed by atoms with van der Waals surface area (Å²) in [6.45, 7) is 2.74. The van der Waals surface area contributed by atoms with E-state index in [0.717, 1.165) is 6.54 Å². The predicted octanol–water partition coefficient (Wildman–Crippen LogP) is 1.44. The second kappa shape index (κ2) is 5.91. The number of carbonyl (C=O) groups is 1. The summed E-state index contributed by atoms with van der Waals surface area (Å²) in [5.74, 6) is 0.662. The van der Waals surface area contributed by atoms with Crippen molar-refractivity contribution in [2.24, 2.45) is 0 Å². The molecule has 0 radical (unpaired) electrons. The van der Waals surface area contributed by atoms with Crippen molar-refractivity contribution in [1.82, 2.24) is 20.1 Å². The molecule has 0 fully saturated rings. The van der Waals surface area contributed by atoms with Crippen LogP contribution in [0.15, 0.2) is 24.5 Å². The number of anilines is 1. The van der Waals surface area contributed by atoms with E-state index < -0.39 is 6.09 Å². The van der Waals surface area contributed by atoms with E-state index in [4.69, 9.17) is 15.6 Å². The van der Waals surface area contributed by atoms with Crippen LogP contribution in [0.5, 0.6) is 11.8 Å². The van der Waals surface area contributed by atoms with Crippen molar-refractivity contribution in [3.63, 3.8) is 0 Å². The van der Waals surface area contributed by atoms with E-state index in [9.17, 15) is 4.79 Å². The molecule has 0 atom stereocenters. The average molecular weight is 277 g/mol. The normalized spacial score (nSPS) is 10.2. The number of hydrogen-bond donors (Lipinski definition) is 3. The fraction of sp³-hybridized carbons (Fsp3) is 0.250. The molecule has 0 unspecified atom stereocenters. The monoisotopic (exact) mass is 277 g/mol. The summed E-state index contributed by atoms with van der Waals surface area (Å²) in [5.41, 5.74) is 6.61. The van der Waals surface area contributed by atoms with Gasteiger partial charge in [-0.3, -0.25) is 4.68 Å². The average Bonchev–Trinajstić information content (AvgIpc) is 2.86. The van der Waals surface area contributed by atoms with Crippen LogP contribution in [-0.2, 0) is 13.1 Å². The van der Waals surface area contributed by atoms with Crippen molar-refractivity contribution in [3.8, 4) is 11.8 Å². The van der Waals surface area contributed by atoms with Crippen molar-refractivity contribution in [1.29, 1.82) is 0 Å². The Balaban J connectivity index is 2.19. The lowest BCUT2D eigenvalue weighted by Gasteiger charge is -2.09. The second-order valence-electron chi connectivity index (χ2n) is 4.00. The van der Waals surface area contributed by atoms with E-state index in [1.807, 2.05) is 6.92 Å². The number of aryl methyl sites for hydroxylation is 1. The minimum atomic E-state index is -1.13. The molecule has 4 N–H and O–H groups in total. The fourth-order valence-electron chi connectivity index (χ4n) is 1.58. The largest absolute Gasteiger partial charge is 0.465 e. The van der Waals surface area contributed by atoms with Crippen LogP contribution in [0.4, 0.5) is 10.5 Å². The molecule has 106 valence electrons. The molecule has 0 aliphatic rings. The number of nitrogens with zero attached hydrogens (tertiary/aromatic N) is 3. The molecule has 0 aliphatic carbocycles. The van der Waals surface area contributed by atoms with Crippen LogP contribution in [0, 0.1) is 0 Å². The molecule has 1 amide bonds. The number of nitrogens with one attached hydrogen (secondary N) is 1. The highest BCUT2D eigenvalue weighted by Crippen LogP contribution is 2.23. The lowest BCUT2D eigenvalue weighted by atomic mass is 10.2. The first-order chi connectivity index (χ1) is 9.58. The minimum Gasteiger partial charge on any atom is -0.465 e. The molecule has 0 bridgehead atoms. The molecule has 0 saturated heterocycles. The van der Waals surface area contributed by atoms with Crippen molar-refractivity contribution >= 4 is 11.8 Å². The van der Waals surface area contributed by atoms with Gasteiger partial charge in [-0.15, -0.1) is 5.10 Å². The van der Waals surface area contributed by atoms with Gasteiger partial charge in [-0.25, -0.2) is 9.78 Å². The van der Waals surface area contributed by atoms with Crippen molar-refractivity contribution in [2.45, 2.75) is 20.0 Å². The lowest BCUT2D eigenvalue weighted by molar-refractivity contribution is 0.194. The zero-order chi connectivity index (χ0) is 14.5. The molecular formula is C12H15N5O3. The number of aromatic nitrogens is 3. The molecule has 8 nitrogen and oxygen atoms in total. The Morgan fingerprint density at radius 1 is 1.60 bits per heavy atom. The van der Waals surface area contributed by atoms with Gasteiger partial charge in [0.2, 0.25) is 11.8 Å². The van der Waals surface area contributed by atoms with Gasteiger partial charge in [-0.05, 0) is 13.0 Å². The Morgan fingerprint density at radius 3 is 3.05 bits per heavy atom. The van der Waals surface area contributed by atoms with Gasteiger partial charge in [0.1, 0.15) is 0 Å². The molecular weight excluding hydrogens is 262 g/mol. The smallest absolute Gasteiger partial charge is 0.404 e. The first-order valence-electron chi connectivity index (χ1n) is 6.01. The SMILES string of the molecule is CCn1ccc(Oc2ncc(N)cc2CNC(=O)O)n1. The fourth-order valence-corrected chi connectivity index (χ4v) is 1.58. The number of amides is 1. The number of nitrogen functional groups attached to an aromatic ring is 1. The van der Waals surface area contributed by atoms with Crippen LogP contribution in [-0.4, -0.2) is 26.0 Å². The molecule has 2 aromatic rings. The van der Waals surface area contributed by atoms with Gasteiger partial charge in [0.15, 0.2) is 0 Å². The Kier molecular flexibility index (Phi) is 4.04. The predicted molar refractivity (Wildman–Crippen MR) is 71.5 cm³/mol. The Morgan fingerprint density at radius 2 is 2.40 bits per heavy atom. The highest BCUT2D eigenvalue weighted by Gasteiger charge is 2.10. The second-order valence-corrected chi connectivity index (χ2v) is 4.00. The maximum atomic E-state index is 10.6. The van der Waals surface area contributed by atoms with Crippen molar-refractivity contribution in [3.05, 3.63) is 30.1 Å². The Bertz CT molecular complexity index is 611. The summed E-state index contributed by atoms with van der Waals surface area (Å²) in [7, 11) is 0. The van der Waals surface area contributed by atoms with Gasteiger partial charge in [-0.2, -0.15) is 0 Å². The van der Waals surface area contributed by atoms with Crippen LogP contribution in [0.2, 0.25) is 0 Å². The van der Waals surface area contributed by atoms with Crippen molar-refractivity contribution in [2.75, 3.05) is 5.73 Å². The molecule has 2 aromatic heterocycles. The van der Waals surface area contributed by atoms with Gasteiger partial charge in [0, 0.05) is 24.4 Å². The summed E-state index contributed by atoms with van der Waals surface area (Å²) < 4.78 is 7.26. The zero-order valence-electron chi connectivity index (χ0n) is 10.9. The highest BCUT2D eigenvalue weighted by atomic mass is 16.5. The molecule has 2 heterocycles. The third-order valence-electron chi connectivity index (χ3n) is 2.52. The molecule has 2 rings (SSSR count). The summed E-state index contributed by atoms with van der Waals surface area (Å²) in [6.07, 6.45) is 2.09. The summed E-state index contributed by atoms with van der Waals surface area (Å²) in [6, 6.07) is 3.31. The maximum absolute atomic E-state index is 10.6. The first kappa shape index (κ1) is 13.7. The third-order valence-corrected chi connectivity index (χ3v) is 2.52. The number of rotatable bonds is 5. The summed E-state index contributed by atoms with van der Waals surface area (Å²) in [5, 5.41) is 15.1. The molecule has 8 heteroatoms. The minimum absolute atomic E-state index is 0.0528. The topological polar surface area (TPSA) is 115 Å². The molecule has 20 heavy (non-hydrogen) atoms. The number of nitrogens with two attached hydrogens (primary N) is 1. The molecule has 0 aromatic carbocycles. The first-order valence-corrected chi connectivity index (χ1v) is 6.01. The van der Waals surface area contributed by atoms with E-state index in [0.29, 0.717) is 17.1 Å². The van der Waals surface area contributed by atoms with Gasteiger partial charge in [0.25, 0.3) is 0 Å².